The highest BCUT2D eigenvalue weighted by Crippen LogP contribution is 1.87. The number of halogens is 1. The standard InChI is InChI=1S/C6H6N2O3.ClH/c1-8-3-4(6(10)11)7-2-5(8)9;/h2-3H,1H3,(H,10,11);1H. The molecule has 1 N–H and O–H groups in total. The molecule has 1 aromatic rings. The van der Waals surface area contributed by atoms with Gasteiger partial charge in [-0.25, -0.2) is 9.78 Å². The van der Waals surface area contributed by atoms with Crippen LogP contribution >= 0.6 is 12.4 Å². The molecule has 0 spiro atoms. The van der Waals surface area contributed by atoms with E-state index in [0.717, 1.165) is 10.8 Å². The topological polar surface area (TPSA) is 72.2 Å². The summed E-state index contributed by atoms with van der Waals surface area (Å²) >= 11 is 0. The molecule has 0 unspecified atom stereocenters. The van der Waals surface area contributed by atoms with Gasteiger partial charge in [-0.2, -0.15) is 0 Å². The molecule has 0 aliphatic heterocycles. The number of hydrogen-bond acceptors (Lipinski definition) is 3. The van der Waals surface area contributed by atoms with E-state index in [-0.39, 0.29) is 23.7 Å². The first kappa shape index (κ1) is 10.6. The summed E-state index contributed by atoms with van der Waals surface area (Å²) in [6.45, 7) is 0. The van der Waals surface area contributed by atoms with Crippen LogP contribution in [0.4, 0.5) is 0 Å². The molecule has 12 heavy (non-hydrogen) atoms. The normalized spacial score (nSPS) is 8.75. The molecule has 0 saturated carbocycles. The first-order chi connectivity index (χ1) is 5.11. The van der Waals surface area contributed by atoms with E-state index in [2.05, 4.69) is 4.98 Å². The predicted octanol–water partition coefficient (Wildman–Crippen LogP) is -0.0997. The average Bonchev–Trinajstić information content (AvgIpc) is 1.94. The van der Waals surface area contributed by atoms with E-state index in [1.54, 1.807) is 0 Å². The van der Waals surface area contributed by atoms with Gasteiger partial charge in [0.25, 0.3) is 5.56 Å². The van der Waals surface area contributed by atoms with E-state index < -0.39 is 5.97 Å². The molecule has 0 aromatic carbocycles. The molecule has 1 heterocycles. The minimum Gasteiger partial charge on any atom is -0.476 e. The Hall–Kier alpha value is -1.36. The van der Waals surface area contributed by atoms with Crippen molar-refractivity contribution >= 4 is 18.4 Å². The number of nitrogens with zero attached hydrogens (tertiary/aromatic N) is 2. The van der Waals surface area contributed by atoms with Crippen LogP contribution in [0.5, 0.6) is 0 Å². The Bertz CT molecular complexity index is 347. The van der Waals surface area contributed by atoms with Gasteiger partial charge in [-0.05, 0) is 0 Å². The van der Waals surface area contributed by atoms with Crippen LogP contribution in [0.1, 0.15) is 10.5 Å². The lowest BCUT2D eigenvalue weighted by molar-refractivity contribution is 0.0689. The number of aromatic nitrogens is 2. The number of carbonyl (C=O) groups is 1. The molecule has 1 aromatic heterocycles. The number of rotatable bonds is 1. The van der Waals surface area contributed by atoms with Crippen LogP contribution in [0, 0.1) is 0 Å². The zero-order valence-corrected chi connectivity index (χ0v) is 7.04. The molecule has 0 saturated heterocycles. The SMILES string of the molecule is Cl.Cn1cc(C(=O)O)ncc1=O. The third kappa shape index (κ3) is 2.06. The minimum absolute atomic E-state index is 0. The van der Waals surface area contributed by atoms with E-state index in [9.17, 15) is 9.59 Å². The van der Waals surface area contributed by atoms with E-state index >= 15 is 0 Å². The van der Waals surface area contributed by atoms with E-state index in [1.807, 2.05) is 0 Å². The highest BCUT2D eigenvalue weighted by atomic mass is 35.5. The lowest BCUT2D eigenvalue weighted by Gasteiger charge is -1.95. The Morgan fingerprint density at radius 2 is 2.25 bits per heavy atom. The third-order valence-electron chi connectivity index (χ3n) is 1.20. The molecule has 1 rings (SSSR count). The fraction of sp³-hybridized carbons (Fsp3) is 0.167. The molecule has 6 heteroatoms. The van der Waals surface area contributed by atoms with Gasteiger partial charge in [0.1, 0.15) is 0 Å². The summed E-state index contributed by atoms with van der Waals surface area (Å²) in [5.74, 6) is -1.14. The van der Waals surface area contributed by atoms with Crippen molar-refractivity contribution in [3.8, 4) is 0 Å². The van der Waals surface area contributed by atoms with E-state index in [4.69, 9.17) is 5.11 Å². The monoisotopic (exact) mass is 190 g/mol. The highest BCUT2D eigenvalue weighted by molar-refractivity contribution is 5.85. The second-order valence-electron chi connectivity index (χ2n) is 2.03. The van der Waals surface area contributed by atoms with Crippen molar-refractivity contribution in [3.05, 3.63) is 28.4 Å². The smallest absolute Gasteiger partial charge is 0.356 e. The molecule has 5 nitrogen and oxygen atoms in total. The average molecular weight is 191 g/mol. The summed E-state index contributed by atoms with van der Waals surface area (Å²) in [6, 6.07) is 0. The first-order valence-electron chi connectivity index (χ1n) is 2.87. The molecule has 0 aliphatic carbocycles. The molecule has 0 amide bonds. The van der Waals surface area contributed by atoms with Gasteiger partial charge in [-0.1, -0.05) is 0 Å². The summed E-state index contributed by atoms with van der Waals surface area (Å²) in [4.78, 5) is 24.4. The van der Waals surface area contributed by atoms with Crippen molar-refractivity contribution in [1.29, 1.82) is 0 Å². The number of hydrogen-bond donors (Lipinski definition) is 1. The molecule has 0 aliphatic rings. The fourth-order valence-electron chi connectivity index (χ4n) is 0.607. The number of aryl methyl sites for hydroxylation is 1. The Morgan fingerprint density at radius 3 is 2.67 bits per heavy atom. The minimum atomic E-state index is -1.14. The van der Waals surface area contributed by atoms with Gasteiger partial charge in [0, 0.05) is 13.2 Å². The second-order valence-corrected chi connectivity index (χ2v) is 2.03. The summed E-state index contributed by atoms with van der Waals surface area (Å²) in [7, 11) is 1.47. The summed E-state index contributed by atoms with van der Waals surface area (Å²) in [6.07, 6.45) is 2.15. The lowest BCUT2D eigenvalue weighted by Crippen LogP contribution is -2.18. The molecule has 66 valence electrons. The van der Waals surface area contributed by atoms with Crippen molar-refractivity contribution < 1.29 is 9.90 Å². The fourth-order valence-corrected chi connectivity index (χ4v) is 0.607. The summed E-state index contributed by atoms with van der Waals surface area (Å²) < 4.78 is 1.16. The predicted molar refractivity (Wildman–Crippen MR) is 43.7 cm³/mol. The quantitative estimate of drug-likeness (QED) is 0.671. The van der Waals surface area contributed by atoms with Gasteiger partial charge >= 0.3 is 5.97 Å². The number of aromatic carboxylic acids is 1. The van der Waals surface area contributed by atoms with Crippen LogP contribution < -0.4 is 5.56 Å². The van der Waals surface area contributed by atoms with Gasteiger partial charge < -0.3 is 9.67 Å². The van der Waals surface area contributed by atoms with E-state index in [1.165, 1.54) is 13.2 Å². The lowest BCUT2D eigenvalue weighted by atomic mass is 10.4. The molecular weight excluding hydrogens is 184 g/mol. The number of carboxylic acids is 1. The van der Waals surface area contributed by atoms with Crippen molar-refractivity contribution in [1.82, 2.24) is 9.55 Å². The van der Waals surface area contributed by atoms with Crippen LogP contribution in [0.15, 0.2) is 17.2 Å². The maximum Gasteiger partial charge on any atom is 0.356 e. The van der Waals surface area contributed by atoms with Crippen molar-refractivity contribution in [3.63, 3.8) is 0 Å². The van der Waals surface area contributed by atoms with Gasteiger partial charge in [0.05, 0.1) is 6.20 Å². The zero-order chi connectivity index (χ0) is 8.43. The number of carboxylic acid groups (broad SMARTS) is 1. The van der Waals surface area contributed by atoms with Gasteiger partial charge in [0.15, 0.2) is 5.69 Å². The maximum absolute atomic E-state index is 10.7. The van der Waals surface area contributed by atoms with Crippen LogP contribution in [-0.2, 0) is 7.05 Å². The summed E-state index contributed by atoms with van der Waals surface area (Å²) in [5, 5.41) is 8.42. The third-order valence-corrected chi connectivity index (χ3v) is 1.20. The Labute approximate surface area is 74.1 Å². The van der Waals surface area contributed by atoms with Crippen LogP contribution in [0.2, 0.25) is 0 Å². The van der Waals surface area contributed by atoms with Gasteiger partial charge in [0.2, 0.25) is 0 Å². The van der Waals surface area contributed by atoms with Crippen LogP contribution in [0.25, 0.3) is 0 Å². The highest BCUT2D eigenvalue weighted by Gasteiger charge is 2.03. The van der Waals surface area contributed by atoms with Gasteiger partial charge in [-0.3, -0.25) is 4.79 Å². The van der Waals surface area contributed by atoms with Crippen molar-refractivity contribution in [2.24, 2.45) is 7.05 Å². The van der Waals surface area contributed by atoms with Crippen LogP contribution in [0.3, 0.4) is 0 Å². The molecule has 0 bridgehead atoms. The zero-order valence-electron chi connectivity index (χ0n) is 6.22. The Balaban J connectivity index is 0.00000121. The molecule has 0 fully saturated rings. The maximum atomic E-state index is 10.7. The first-order valence-corrected chi connectivity index (χ1v) is 2.87. The molecular formula is C6H7ClN2O3. The van der Waals surface area contributed by atoms with E-state index in [0.29, 0.717) is 0 Å². The van der Waals surface area contributed by atoms with Crippen molar-refractivity contribution in [2.45, 2.75) is 0 Å². The summed E-state index contributed by atoms with van der Waals surface area (Å²) in [5.41, 5.74) is -0.456. The molecule has 0 atom stereocenters. The van der Waals surface area contributed by atoms with Gasteiger partial charge in [-0.15, -0.1) is 12.4 Å². The Kier molecular flexibility index (Phi) is 3.43. The second kappa shape index (κ2) is 3.87. The van der Waals surface area contributed by atoms with Crippen LogP contribution in [-0.4, -0.2) is 20.6 Å². The molecule has 0 radical (unpaired) electrons. The Morgan fingerprint density at radius 1 is 1.67 bits per heavy atom. The van der Waals surface area contributed by atoms with Crippen molar-refractivity contribution in [2.75, 3.05) is 0 Å². The largest absolute Gasteiger partial charge is 0.476 e.